The number of likely N-dealkylation sites (tertiary alicyclic amines) is 1. The number of nitrogens with one attached hydrogen (secondary N) is 1. The van der Waals surface area contributed by atoms with Crippen molar-refractivity contribution in [1.29, 1.82) is 0 Å². The highest BCUT2D eigenvalue weighted by Gasteiger charge is 2.58. The first-order valence-electron chi connectivity index (χ1n) is 11.4. The Morgan fingerprint density at radius 1 is 1.16 bits per heavy atom. The molecule has 0 aliphatic carbocycles. The van der Waals surface area contributed by atoms with E-state index in [0.29, 0.717) is 37.5 Å². The second-order valence-electron chi connectivity index (χ2n) is 9.73. The minimum atomic E-state index is -1.30. The van der Waals surface area contributed by atoms with Gasteiger partial charge in [-0.1, -0.05) is 0 Å². The number of amides is 3. The molecular weight excluding hydrogens is 417 g/mol. The van der Waals surface area contributed by atoms with Gasteiger partial charge in [0, 0.05) is 31.6 Å². The molecule has 0 saturated carbocycles. The Hall–Kier alpha value is -2.23. The fourth-order valence-corrected chi connectivity index (χ4v) is 5.49. The molecule has 1 N–H and O–H groups in total. The monoisotopic (exact) mass is 447 g/mol. The topological polar surface area (TPSA) is 80.3 Å². The number of fused-ring (bicyclic) bond motifs is 3. The molecule has 4 heterocycles. The van der Waals surface area contributed by atoms with Crippen LogP contribution in [0.3, 0.4) is 0 Å². The zero-order chi connectivity index (χ0) is 22.5. The molecule has 8 nitrogen and oxygen atoms in total. The van der Waals surface area contributed by atoms with Crippen LogP contribution in [0, 0.1) is 5.82 Å². The van der Waals surface area contributed by atoms with Gasteiger partial charge in [-0.2, -0.15) is 0 Å². The van der Waals surface area contributed by atoms with Crippen LogP contribution in [0.15, 0.2) is 18.2 Å². The summed E-state index contributed by atoms with van der Waals surface area (Å²) in [5.41, 5.74) is -1.60. The van der Waals surface area contributed by atoms with E-state index in [1.54, 1.807) is 0 Å². The molecule has 1 aromatic rings. The van der Waals surface area contributed by atoms with E-state index in [0.717, 1.165) is 26.1 Å². The first-order valence-corrected chi connectivity index (χ1v) is 11.4. The number of imide groups is 1. The second-order valence-corrected chi connectivity index (χ2v) is 9.73. The Labute approximate surface area is 187 Å². The van der Waals surface area contributed by atoms with Gasteiger partial charge in [-0.05, 0) is 51.4 Å². The molecule has 3 fully saturated rings. The number of rotatable bonds is 4. The van der Waals surface area contributed by atoms with Gasteiger partial charge in [-0.15, -0.1) is 0 Å². The number of nitrogens with zero attached hydrogens (tertiary/aromatic N) is 2. The maximum atomic E-state index is 14.1. The van der Waals surface area contributed by atoms with Crippen LogP contribution in [0.1, 0.15) is 38.7 Å². The number of carbonyl (C=O) groups is 2. The largest absolute Gasteiger partial charge is 0.487 e. The molecule has 3 atom stereocenters. The number of hydrogen-bond acceptors (Lipinski definition) is 6. The predicted octanol–water partition coefficient (Wildman–Crippen LogP) is 2.01. The smallest absolute Gasteiger partial charge is 0.325 e. The van der Waals surface area contributed by atoms with Gasteiger partial charge in [-0.3, -0.25) is 9.69 Å². The Kier molecular flexibility index (Phi) is 5.38. The Morgan fingerprint density at radius 3 is 2.75 bits per heavy atom. The van der Waals surface area contributed by atoms with E-state index in [4.69, 9.17) is 14.2 Å². The van der Waals surface area contributed by atoms with Crippen LogP contribution in [0.4, 0.5) is 9.18 Å². The first-order chi connectivity index (χ1) is 15.3. The SMILES string of the molecule is CC1(C)CC2(NC(=O)N(CCCN3CCC4OCCOC4C3)C2=O)c2cc(F)ccc2O1. The number of halogens is 1. The number of carbonyl (C=O) groups excluding carboxylic acids is 2. The van der Waals surface area contributed by atoms with Crippen LogP contribution < -0.4 is 10.1 Å². The van der Waals surface area contributed by atoms with Crippen LogP contribution in [0.5, 0.6) is 5.75 Å². The average Bonchev–Trinajstić information content (AvgIpc) is 2.98. The average molecular weight is 448 g/mol. The summed E-state index contributed by atoms with van der Waals surface area (Å²) in [5.74, 6) is -0.381. The molecule has 3 saturated heterocycles. The van der Waals surface area contributed by atoms with Crippen molar-refractivity contribution in [2.45, 2.75) is 56.5 Å². The van der Waals surface area contributed by atoms with Crippen LogP contribution in [0.2, 0.25) is 0 Å². The van der Waals surface area contributed by atoms with Gasteiger partial charge in [0.25, 0.3) is 5.91 Å². The van der Waals surface area contributed by atoms with Crippen LogP contribution in [-0.4, -0.2) is 78.9 Å². The van der Waals surface area contributed by atoms with Crippen molar-refractivity contribution in [1.82, 2.24) is 15.1 Å². The van der Waals surface area contributed by atoms with Crippen LogP contribution in [-0.2, 0) is 19.8 Å². The highest BCUT2D eigenvalue weighted by atomic mass is 19.1. The lowest BCUT2D eigenvalue weighted by Crippen LogP contribution is -2.54. The summed E-state index contributed by atoms with van der Waals surface area (Å²) in [6.07, 6.45) is 2.08. The summed E-state index contributed by atoms with van der Waals surface area (Å²) in [7, 11) is 0. The summed E-state index contributed by atoms with van der Waals surface area (Å²) >= 11 is 0. The number of ether oxygens (including phenoxy) is 3. The minimum Gasteiger partial charge on any atom is -0.487 e. The molecule has 1 spiro atoms. The van der Waals surface area contributed by atoms with E-state index in [1.807, 2.05) is 13.8 Å². The quantitative estimate of drug-likeness (QED) is 0.712. The predicted molar refractivity (Wildman–Crippen MR) is 113 cm³/mol. The van der Waals surface area contributed by atoms with E-state index in [9.17, 15) is 14.0 Å². The van der Waals surface area contributed by atoms with Crippen molar-refractivity contribution < 1.29 is 28.2 Å². The second kappa shape index (κ2) is 7.97. The van der Waals surface area contributed by atoms with E-state index >= 15 is 0 Å². The number of benzene rings is 1. The summed E-state index contributed by atoms with van der Waals surface area (Å²) in [6, 6.07) is 3.68. The van der Waals surface area contributed by atoms with Crippen molar-refractivity contribution in [2.24, 2.45) is 0 Å². The molecule has 3 unspecified atom stereocenters. The lowest BCUT2D eigenvalue weighted by Gasteiger charge is -2.42. The maximum absolute atomic E-state index is 14.1. The van der Waals surface area contributed by atoms with E-state index in [-0.39, 0.29) is 24.5 Å². The van der Waals surface area contributed by atoms with Crippen molar-refractivity contribution in [3.8, 4) is 5.75 Å². The zero-order valence-electron chi connectivity index (χ0n) is 18.6. The van der Waals surface area contributed by atoms with Gasteiger partial charge in [0.1, 0.15) is 17.2 Å². The van der Waals surface area contributed by atoms with E-state index < -0.39 is 23.0 Å². The van der Waals surface area contributed by atoms with Gasteiger partial charge >= 0.3 is 6.03 Å². The lowest BCUT2D eigenvalue weighted by atomic mass is 9.77. The van der Waals surface area contributed by atoms with E-state index in [1.165, 1.54) is 23.1 Å². The molecule has 32 heavy (non-hydrogen) atoms. The van der Waals surface area contributed by atoms with Gasteiger partial charge in [0.15, 0.2) is 5.54 Å². The molecule has 9 heteroatoms. The minimum absolute atomic E-state index is 0.0911. The van der Waals surface area contributed by atoms with Gasteiger partial charge in [0.05, 0.1) is 25.4 Å². The number of hydrogen-bond donors (Lipinski definition) is 1. The Bertz CT molecular complexity index is 925. The highest BCUT2D eigenvalue weighted by Crippen LogP contribution is 2.46. The highest BCUT2D eigenvalue weighted by molar-refractivity contribution is 6.08. The standard InChI is InChI=1S/C23H30FN3O5/c1-22(2)14-23(16-12-15(24)4-5-17(16)32-22)20(28)27(21(29)25-23)8-3-7-26-9-6-18-19(13-26)31-11-10-30-18/h4-5,12,18-19H,3,6-11,13-14H2,1-2H3,(H,25,29). The van der Waals surface area contributed by atoms with Crippen molar-refractivity contribution in [3.05, 3.63) is 29.6 Å². The first kappa shape index (κ1) is 21.6. The van der Waals surface area contributed by atoms with Crippen LogP contribution >= 0.6 is 0 Å². The van der Waals surface area contributed by atoms with Gasteiger partial charge in [0.2, 0.25) is 0 Å². The third-order valence-corrected chi connectivity index (χ3v) is 6.84. The molecule has 174 valence electrons. The Balaban J connectivity index is 1.27. The fourth-order valence-electron chi connectivity index (χ4n) is 5.49. The molecule has 4 aliphatic rings. The lowest BCUT2D eigenvalue weighted by molar-refractivity contribution is -0.165. The normalized spacial score (nSPS) is 31.8. The molecule has 0 aromatic heterocycles. The molecule has 1 aromatic carbocycles. The third-order valence-electron chi connectivity index (χ3n) is 6.84. The summed E-state index contributed by atoms with van der Waals surface area (Å²) < 4.78 is 31.6. The molecule has 4 aliphatic heterocycles. The maximum Gasteiger partial charge on any atom is 0.325 e. The van der Waals surface area contributed by atoms with E-state index in [2.05, 4.69) is 10.2 Å². The number of urea groups is 1. The van der Waals surface area contributed by atoms with Crippen molar-refractivity contribution in [3.63, 3.8) is 0 Å². The van der Waals surface area contributed by atoms with Crippen LogP contribution in [0.25, 0.3) is 0 Å². The fraction of sp³-hybridized carbons (Fsp3) is 0.652. The molecule has 0 radical (unpaired) electrons. The third kappa shape index (κ3) is 3.76. The molecular formula is C23H30FN3O5. The van der Waals surface area contributed by atoms with Crippen molar-refractivity contribution >= 4 is 11.9 Å². The van der Waals surface area contributed by atoms with Gasteiger partial charge < -0.3 is 24.4 Å². The van der Waals surface area contributed by atoms with Crippen molar-refractivity contribution in [2.75, 3.05) is 39.4 Å². The zero-order valence-corrected chi connectivity index (χ0v) is 18.6. The molecule has 5 rings (SSSR count). The molecule has 3 amide bonds. The van der Waals surface area contributed by atoms with Gasteiger partial charge in [-0.25, -0.2) is 9.18 Å². The number of piperidine rings is 1. The molecule has 0 bridgehead atoms. The summed E-state index contributed by atoms with van der Waals surface area (Å²) in [5, 5.41) is 2.87. The Morgan fingerprint density at radius 2 is 1.94 bits per heavy atom. The summed E-state index contributed by atoms with van der Waals surface area (Å²) in [4.78, 5) is 29.9. The summed E-state index contributed by atoms with van der Waals surface area (Å²) in [6.45, 7) is 7.79.